The van der Waals surface area contributed by atoms with Gasteiger partial charge in [-0.15, -0.1) is 0 Å². The molecule has 1 aromatic carbocycles. The van der Waals surface area contributed by atoms with E-state index in [1.165, 1.54) is 0 Å². The largest absolute Gasteiger partial charge is 0.336 e. The number of amides is 1. The number of carbonyl (C=O) groups is 1. The van der Waals surface area contributed by atoms with Crippen LogP contribution in [0.5, 0.6) is 0 Å². The van der Waals surface area contributed by atoms with Crippen LogP contribution in [0.15, 0.2) is 36.7 Å². The van der Waals surface area contributed by atoms with Crippen LogP contribution in [-0.4, -0.2) is 39.7 Å². The molecule has 5 nitrogen and oxygen atoms in total. The molecule has 6 heteroatoms. The third-order valence-corrected chi connectivity index (χ3v) is 4.39. The summed E-state index contributed by atoms with van der Waals surface area (Å²) in [5.41, 5.74) is 7.15. The van der Waals surface area contributed by atoms with Crippen molar-refractivity contribution in [1.29, 1.82) is 0 Å². The van der Waals surface area contributed by atoms with Gasteiger partial charge in [0.15, 0.2) is 0 Å². The Labute approximate surface area is 134 Å². The summed E-state index contributed by atoms with van der Waals surface area (Å²) in [4.78, 5) is 14.5. The zero-order valence-corrected chi connectivity index (χ0v) is 13.2. The molecule has 2 atom stereocenters. The highest BCUT2D eigenvalue weighted by molar-refractivity contribution is 6.30. The normalized spacial score (nSPS) is 21.3. The Morgan fingerprint density at radius 1 is 1.50 bits per heavy atom. The van der Waals surface area contributed by atoms with E-state index < -0.39 is 0 Å². The second-order valence-electron chi connectivity index (χ2n) is 5.80. The van der Waals surface area contributed by atoms with Gasteiger partial charge in [-0.1, -0.05) is 17.7 Å². The minimum Gasteiger partial charge on any atom is -0.336 e. The van der Waals surface area contributed by atoms with E-state index in [2.05, 4.69) is 12.0 Å². The molecule has 0 radical (unpaired) electrons. The van der Waals surface area contributed by atoms with Crippen LogP contribution in [0.2, 0.25) is 5.02 Å². The summed E-state index contributed by atoms with van der Waals surface area (Å²) in [6.07, 6.45) is 4.31. The van der Waals surface area contributed by atoms with Gasteiger partial charge in [-0.3, -0.25) is 4.79 Å². The molecular weight excluding hydrogens is 300 g/mol. The van der Waals surface area contributed by atoms with Crippen LogP contribution in [0.1, 0.15) is 23.7 Å². The quantitative estimate of drug-likeness (QED) is 0.944. The van der Waals surface area contributed by atoms with E-state index in [-0.39, 0.29) is 11.9 Å². The lowest BCUT2D eigenvalue weighted by Crippen LogP contribution is -2.34. The Balaban J connectivity index is 1.80. The fraction of sp³-hybridized carbons (Fsp3) is 0.375. The van der Waals surface area contributed by atoms with Crippen LogP contribution in [0.4, 0.5) is 0 Å². The second kappa shape index (κ2) is 6.10. The van der Waals surface area contributed by atoms with Crippen molar-refractivity contribution < 1.29 is 4.79 Å². The predicted molar refractivity (Wildman–Crippen MR) is 86.2 cm³/mol. The number of hydrogen-bond donors (Lipinski definition) is 1. The summed E-state index contributed by atoms with van der Waals surface area (Å²) in [5.74, 6) is 0.402. The Hall–Kier alpha value is -1.85. The van der Waals surface area contributed by atoms with E-state index in [1.54, 1.807) is 23.1 Å². The number of likely N-dealkylation sites (tertiary alicyclic amines) is 1. The highest BCUT2D eigenvalue weighted by Gasteiger charge is 2.32. The smallest absolute Gasteiger partial charge is 0.257 e. The van der Waals surface area contributed by atoms with Gasteiger partial charge in [0, 0.05) is 23.8 Å². The number of halogens is 1. The minimum absolute atomic E-state index is 0.0109. The predicted octanol–water partition coefficient (Wildman–Crippen LogP) is 2.33. The maximum absolute atomic E-state index is 12.6. The number of hydrogen-bond acceptors (Lipinski definition) is 3. The van der Waals surface area contributed by atoms with Crippen LogP contribution < -0.4 is 5.73 Å². The third kappa shape index (κ3) is 2.87. The zero-order chi connectivity index (χ0) is 15.7. The van der Waals surface area contributed by atoms with Crippen molar-refractivity contribution in [1.82, 2.24) is 14.7 Å². The van der Waals surface area contributed by atoms with Gasteiger partial charge >= 0.3 is 0 Å². The summed E-state index contributed by atoms with van der Waals surface area (Å²) >= 11 is 5.99. The van der Waals surface area contributed by atoms with Gasteiger partial charge in [0.25, 0.3) is 5.91 Å². The van der Waals surface area contributed by atoms with E-state index in [0.717, 1.165) is 18.7 Å². The summed E-state index contributed by atoms with van der Waals surface area (Å²) in [7, 11) is 0. The van der Waals surface area contributed by atoms with Gasteiger partial charge in [-0.05, 0) is 44.0 Å². The Kier molecular flexibility index (Phi) is 4.18. The third-order valence-electron chi connectivity index (χ3n) is 4.16. The van der Waals surface area contributed by atoms with Crippen molar-refractivity contribution in [2.24, 2.45) is 11.7 Å². The lowest BCUT2D eigenvalue weighted by atomic mass is 10.1. The van der Waals surface area contributed by atoms with Crippen molar-refractivity contribution in [2.75, 3.05) is 13.1 Å². The van der Waals surface area contributed by atoms with Crippen molar-refractivity contribution >= 4 is 17.5 Å². The number of benzene rings is 1. The van der Waals surface area contributed by atoms with Gasteiger partial charge in [0.05, 0.1) is 17.4 Å². The maximum Gasteiger partial charge on any atom is 0.257 e. The molecule has 1 saturated heterocycles. The van der Waals surface area contributed by atoms with E-state index >= 15 is 0 Å². The molecule has 0 aliphatic carbocycles. The molecule has 2 N–H and O–H groups in total. The average molecular weight is 319 g/mol. The summed E-state index contributed by atoms with van der Waals surface area (Å²) in [6.45, 7) is 3.41. The molecule has 116 valence electrons. The fourth-order valence-corrected chi connectivity index (χ4v) is 3.14. The molecular formula is C16H19ClN4O. The SMILES string of the molecule is CC1CC(CN)CN1C(=O)c1cnn(-c2cccc(Cl)c2)c1. The Morgan fingerprint density at radius 2 is 2.32 bits per heavy atom. The molecule has 0 spiro atoms. The van der Waals surface area contributed by atoms with Crippen LogP contribution in [0.25, 0.3) is 5.69 Å². The van der Waals surface area contributed by atoms with Crippen LogP contribution in [0, 0.1) is 5.92 Å². The van der Waals surface area contributed by atoms with Crippen molar-refractivity contribution in [2.45, 2.75) is 19.4 Å². The molecule has 1 aliphatic rings. The number of aromatic nitrogens is 2. The lowest BCUT2D eigenvalue weighted by Gasteiger charge is -2.20. The first-order valence-electron chi connectivity index (χ1n) is 7.40. The molecule has 1 aromatic heterocycles. The molecule has 2 heterocycles. The molecule has 0 saturated carbocycles. The highest BCUT2D eigenvalue weighted by Crippen LogP contribution is 2.24. The van der Waals surface area contributed by atoms with Crippen LogP contribution in [0.3, 0.4) is 0 Å². The van der Waals surface area contributed by atoms with Gasteiger partial charge in [-0.25, -0.2) is 4.68 Å². The van der Waals surface area contributed by atoms with E-state index in [1.807, 2.05) is 23.1 Å². The number of nitrogens with two attached hydrogens (primary N) is 1. The summed E-state index contributed by atoms with van der Waals surface area (Å²) in [6, 6.07) is 7.59. The molecule has 3 rings (SSSR count). The first-order valence-corrected chi connectivity index (χ1v) is 7.78. The van der Waals surface area contributed by atoms with Crippen molar-refractivity contribution in [3.8, 4) is 5.69 Å². The molecule has 2 aromatic rings. The monoisotopic (exact) mass is 318 g/mol. The second-order valence-corrected chi connectivity index (χ2v) is 6.23. The van der Waals surface area contributed by atoms with Gasteiger partial charge in [-0.2, -0.15) is 5.10 Å². The van der Waals surface area contributed by atoms with Gasteiger partial charge in [0.2, 0.25) is 0 Å². The summed E-state index contributed by atoms with van der Waals surface area (Å²) in [5, 5.41) is 4.91. The standard InChI is InChI=1S/C16H19ClN4O/c1-11-5-12(7-18)9-20(11)16(22)13-8-19-21(10-13)15-4-2-3-14(17)6-15/h2-4,6,8,10-12H,5,7,9,18H2,1H3. The van der Waals surface area contributed by atoms with E-state index in [0.29, 0.717) is 23.0 Å². The van der Waals surface area contributed by atoms with Gasteiger partial charge < -0.3 is 10.6 Å². The summed E-state index contributed by atoms with van der Waals surface area (Å²) < 4.78 is 1.67. The number of nitrogens with zero attached hydrogens (tertiary/aromatic N) is 3. The van der Waals surface area contributed by atoms with Crippen molar-refractivity contribution in [3.05, 3.63) is 47.2 Å². The topological polar surface area (TPSA) is 64.2 Å². The molecule has 1 aliphatic heterocycles. The molecule has 1 fully saturated rings. The first kappa shape index (κ1) is 15.1. The zero-order valence-electron chi connectivity index (χ0n) is 12.4. The maximum atomic E-state index is 12.6. The lowest BCUT2D eigenvalue weighted by molar-refractivity contribution is 0.0743. The number of carbonyl (C=O) groups excluding carboxylic acids is 1. The molecule has 0 bridgehead atoms. The van der Waals surface area contributed by atoms with E-state index in [4.69, 9.17) is 17.3 Å². The Morgan fingerprint density at radius 3 is 3.00 bits per heavy atom. The molecule has 22 heavy (non-hydrogen) atoms. The van der Waals surface area contributed by atoms with Gasteiger partial charge in [0.1, 0.15) is 0 Å². The Bertz CT molecular complexity index is 684. The molecule has 1 amide bonds. The van der Waals surface area contributed by atoms with Crippen LogP contribution in [-0.2, 0) is 0 Å². The number of rotatable bonds is 3. The van der Waals surface area contributed by atoms with Crippen LogP contribution >= 0.6 is 11.6 Å². The first-order chi connectivity index (χ1) is 10.6. The minimum atomic E-state index is 0.0109. The van der Waals surface area contributed by atoms with E-state index in [9.17, 15) is 4.79 Å². The fourth-order valence-electron chi connectivity index (χ4n) is 2.96. The molecule has 2 unspecified atom stereocenters. The average Bonchev–Trinajstić information content (AvgIpc) is 3.13. The highest BCUT2D eigenvalue weighted by atomic mass is 35.5. The van der Waals surface area contributed by atoms with Crippen molar-refractivity contribution in [3.63, 3.8) is 0 Å².